The zero-order valence-corrected chi connectivity index (χ0v) is 32.0. The Hall–Kier alpha value is -6.46. The lowest BCUT2D eigenvalue weighted by Gasteiger charge is -2.46. The first-order valence-electron chi connectivity index (χ1n) is 21.4. The maximum atomic E-state index is 8.72. The second-order valence-corrected chi connectivity index (χ2v) is 16.6. The summed E-state index contributed by atoms with van der Waals surface area (Å²) in [6, 6.07) is 58.2. The van der Waals surface area contributed by atoms with E-state index in [0.717, 1.165) is 49.8 Å². The zero-order chi connectivity index (χ0) is 41.9. The molecule has 2 aliphatic heterocycles. The molecule has 1 spiro atoms. The van der Waals surface area contributed by atoms with Gasteiger partial charge >= 0.3 is 0 Å². The standard InChI is InChI=1S/C53H33NOS2/c1-2-13-34(14-3-1)35-25-27-36(28-26-35)54(46-20-12-16-40-38(46)30-31-41-39-15-4-8-21-47(39)55-52(40)41)37-29-32-51-45(33-37)53(44-19-7-11-24-50(44)57-51)42-17-5-9-22-48(42)56-49-23-10-6-18-43(49)53/h1-33H/i1D,2D,3D,13D,14D. The SMILES string of the molecule is [2H]c1c([2H])c([2H])c(-c2ccc(N(c3ccc4c(c3)C3(c5ccccc5Sc5ccccc53)c3ccccc3S4)c3cccc4c3ccc3c5ccccc5oc43)cc2)c([2H])c1[2H]. The van der Waals surface area contributed by atoms with Crippen molar-refractivity contribution in [2.45, 2.75) is 25.0 Å². The van der Waals surface area contributed by atoms with Crippen molar-refractivity contribution in [3.05, 3.63) is 222 Å². The summed E-state index contributed by atoms with van der Waals surface area (Å²) in [5.41, 5.74) is 9.45. The molecule has 0 aliphatic carbocycles. The summed E-state index contributed by atoms with van der Waals surface area (Å²) < 4.78 is 48.9. The van der Waals surface area contributed by atoms with Gasteiger partial charge in [-0.1, -0.05) is 157 Å². The molecule has 9 aromatic carbocycles. The van der Waals surface area contributed by atoms with Crippen LogP contribution < -0.4 is 4.90 Å². The smallest absolute Gasteiger partial charge is 0.143 e. The second kappa shape index (κ2) is 12.8. The first kappa shape index (κ1) is 28.0. The van der Waals surface area contributed by atoms with Gasteiger partial charge in [0.1, 0.15) is 11.2 Å². The van der Waals surface area contributed by atoms with Gasteiger partial charge in [-0.05, 0) is 100 Å². The Morgan fingerprint density at radius 1 is 0.439 bits per heavy atom. The van der Waals surface area contributed by atoms with E-state index >= 15 is 0 Å². The molecular weight excluding hydrogens is 731 g/mol. The first-order chi connectivity index (χ1) is 30.3. The Morgan fingerprint density at radius 3 is 1.70 bits per heavy atom. The Kier molecular flexibility index (Phi) is 6.28. The summed E-state index contributed by atoms with van der Waals surface area (Å²) in [4.78, 5) is 7.15. The van der Waals surface area contributed by atoms with E-state index in [1.54, 1.807) is 11.8 Å². The number of anilines is 3. The van der Waals surface area contributed by atoms with Crippen LogP contribution in [0.15, 0.2) is 224 Å². The number of furan rings is 1. The molecule has 10 aromatic rings. The van der Waals surface area contributed by atoms with E-state index < -0.39 is 11.5 Å². The fourth-order valence-electron chi connectivity index (χ4n) is 9.06. The lowest BCUT2D eigenvalue weighted by molar-refractivity contribution is 0.667. The molecule has 2 nitrogen and oxygen atoms in total. The molecule has 0 N–H and O–H groups in total. The van der Waals surface area contributed by atoms with E-state index in [4.69, 9.17) is 11.3 Å². The van der Waals surface area contributed by atoms with E-state index in [0.29, 0.717) is 5.56 Å². The lowest BCUT2D eigenvalue weighted by atomic mass is 9.64. The molecule has 0 fully saturated rings. The van der Waals surface area contributed by atoms with Crippen molar-refractivity contribution < 1.29 is 11.3 Å². The Morgan fingerprint density at radius 2 is 1.00 bits per heavy atom. The molecule has 268 valence electrons. The molecule has 12 rings (SSSR count). The van der Waals surface area contributed by atoms with Crippen LogP contribution in [0.3, 0.4) is 0 Å². The van der Waals surface area contributed by atoms with Crippen LogP contribution in [-0.2, 0) is 5.41 Å². The highest BCUT2D eigenvalue weighted by molar-refractivity contribution is 8.00. The van der Waals surface area contributed by atoms with E-state index in [9.17, 15) is 0 Å². The van der Waals surface area contributed by atoms with E-state index in [2.05, 4.69) is 132 Å². The van der Waals surface area contributed by atoms with Gasteiger partial charge in [-0.25, -0.2) is 0 Å². The van der Waals surface area contributed by atoms with E-state index in [-0.39, 0.29) is 29.7 Å². The van der Waals surface area contributed by atoms with Crippen molar-refractivity contribution in [2.75, 3.05) is 4.90 Å². The number of fused-ring (bicyclic) bond motifs is 13. The van der Waals surface area contributed by atoms with Crippen LogP contribution in [0.4, 0.5) is 17.1 Å². The molecule has 2 aliphatic rings. The van der Waals surface area contributed by atoms with Crippen LogP contribution in [-0.4, -0.2) is 0 Å². The molecule has 0 saturated carbocycles. The highest BCUT2D eigenvalue weighted by Gasteiger charge is 2.48. The van der Waals surface area contributed by atoms with E-state index in [1.165, 1.54) is 41.8 Å². The van der Waals surface area contributed by atoms with Crippen molar-refractivity contribution in [2.24, 2.45) is 0 Å². The maximum Gasteiger partial charge on any atom is 0.143 e. The molecule has 0 atom stereocenters. The minimum atomic E-state index is -0.610. The predicted molar refractivity (Wildman–Crippen MR) is 238 cm³/mol. The van der Waals surface area contributed by atoms with Crippen molar-refractivity contribution in [1.29, 1.82) is 0 Å². The van der Waals surface area contributed by atoms with Crippen molar-refractivity contribution in [3.63, 3.8) is 0 Å². The van der Waals surface area contributed by atoms with Gasteiger partial charge in [0.05, 0.1) is 18.0 Å². The third-order valence-corrected chi connectivity index (χ3v) is 13.8. The fraction of sp³-hybridized carbons (Fsp3) is 0.0189. The number of benzene rings is 9. The molecular formula is C53H33NOS2. The predicted octanol–water partition coefficient (Wildman–Crippen LogP) is 15.2. The molecule has 0 saturated heterocycles. The molecule has 0 bridgehead atoms. The molecule has 3 heterocycles. The fourth-order valence-corrected chi connectivity index (χ4v) is 11.4. The van der Waals surface area contributed by atoms with Gasteiger partial charge in [-0.3, -0.25) is 0 Å². The summed E-state index contributed by atoms with van der Waals surface area (Å²) in [5.74, 6) is 0. The summed E-state index contributed by atoms with van der Waals surface area (Å²) >= 11 is 3.63. The van der Waals surface area contributed by atoms with Gasteiger partial charge in [-0.15, -0.1) is 0 Å². The summed E-state index contributed by atoms with van der Waals surface area (Å²) in [5, 5.41) is 4.12. The third-order valence-electron chi connectivity index (χ3n) is 11.5. The Bertz CT molecular complexity index is 3380. The van der Waals surface area contributed by atoms with Crippen molar-refractivity contribution in [3.8, 4) is 11.1 Å². The normalized spacial score (nSPS) is 14.8. The lowest BCUT2D eigenvalue weighted by Crippen LogP contribution is -2.36. The topological polar surface area (TPSA) is 16.4 Å². The molecule has 0 amide bonds. The summed E-state index contributed by atoms with van der Waals surface area (Å²) in [7, 11) is 0. The number of nitrogens with zero attached hydrogens (tertiary/aromatic N) is 1. The minimum Gasteiger partial charge on any atom is -0.455 e. The van der Waals surface area contributed by atoms with Gasteiger partial charge < -0.3 is 9.32 Å². The Balaban J connectivity index is 1.13. The summed E-state index contributed by atoms with van der Waals surface area (Å²) in [6.45, 7) is 0. The molecule has 4 heteroatoms. The number of hydrogen-bond acceptors (Lipinski definition) is 4. The highest BCUT2D eigenvalue weighted by Crippen LogP contribution is 2.62. The third kappa shape index (κ3) is 4.88. The van der Waals surface area contributed by atoms with Crippen LogP contribution in [0.25, 0.3) is 43.8 Å². The van der Waals surface area contributed by atoms with Crippen LogP contribution in [0.1, 0.15) is 29.1 Å². The maximum absolute atomic E-state index is 8.72. The first-order valence-corrected chi connectivity index (χ1v) is 20.6. The monoisotopic (exact) mass is 768 g/mol. The highest BCUT2D eigenvalue weighted by atomic mass is 32.2. The number of rotatable bonds is 4. The Labute approximate surface area is 346 Å². The van der Waals surface area contributed by atoms with Crippen molar-refractivity contribution in [1.82, 2.24) is 0 Å². The van der Waals surface area contributed by atoms with Gasteiger partial charge in [0.2, 0.25) is 0 Å². The average Bonchev–Trinajstić information content (AvgIpc) is 3.70. The molecule has 1 aromatic heterocycles. The molecule has 57 heavy (non-hydrogen) atoms. The number of para-hydroxylation sites is 1. The van der Waals surface area contributed by atoms with Gasteiger partial charge in [0.25, 0.3) is 0 Å². The van der Waals surface area contributed by atoms with Crippen LogP contribution >= 0.6 is 23.5 Å². The largest absolute Gasteiger partial charge is 0.455 e. The van der Waals surface area contributed by atoms with Crippen LogP contribution in [0, 0.1) is 0 Å². The van der Waals surface area contributed by atoms with Crippen LogP contribution in [0.5, 0.6) is 0 Å². The quantitative estimate of drug-likeness (QED) is 0.177. The average molecular weight is 769 g/mol. The van der Waals surface area contributed by atoms with Crippen LogP contribution in [0.2, 0.25) is 0 Å². The zero-order valence-electron chi connectivity index (χ0n) is 35.3. The second-order valence-electron chi connectivity index (χ2n) is 14.4. The van der Waals surface area contributed by atoms with Gasteiger partial charge in [0.15, 0.2) is 0 Å². The van der Waals surface area contributed by atoms with Gasteiger partial charge in [0, 0.05) is 52.5 Å². The molecule has 0 radical (unpaired) electrons. The van der Waals surface area contributed by atoms with Gasteiger partial charge in [-0.2, -0.15) is 0 Å². The van der Waals surface area contributed by atoms with E-state index in [1.807, 2.05) is 54.2 Å². The minimum absolute atomic E-state index is 0.172. The van der Waals surface area contributed by atoms with Crippen molar-refractivity contribution >= 4 is 73.3 Å². The number of hydrogen-bond donors (Lipinski definition) is 0. The molecule has 0 unspecified atom stereocenters. The summed E-state index contributed by atoms with van der Waals surface area (Å²) in [6.07, 6.45) is 0.